The van der Waals surface area contributed by atoms with Crippen LogP contribution in [0.25, 0.3) is 0 Å². The third kappa shape index (κ3) is 5.82. The molecule has 6 nitrogen and oxygen atoms in total. The van der Waals surface area contributed by atoms with Crippen molar-refractivity contribution in [3.63, 3.8) is 0 Å². The number of piperidine rings is 1. The summed E-state index contributed by atoms with van der Waals surface area (Å²) in [6, 6.07) is 0. The molecule has 2 aliphatic heterocycles. The maximum Gasteiger partial charge on any atom is 0.309 e. The van der Waals surface area contributed by atoms with E-state index in [4.69, 9.17) is 14.5 Å². The summed E-state index contributed by atoms with van der Waals surface area (Å²) in [5.41, 5.74) is 1.45. The smallest absolute Gasteiger partial charge is 0.309 e. The average Bonchev–Trinajstić information content (AvgIpc) is 2.62. The molecule has 1 saturated heterocycles. The number of nitrogens with zero attached hydrogens (tertiary/aromatic N) is 2. The number of hydrogen-bond acceptors (Lipinski definition) is 4. The van der Waals surface area contributed by atoms with Crippen molar-refractivity contribution in [3.8, 4) is 0 Å². The number of guanidine groups is 1. The van der Waals surface area contributed by atoms with Crippen LogP contribution in [-0.2, 0) is 14.3 Å². The van der Waals surface area contributed by atoms with E-state index in [9.17, 15) is 4.79 Å². The van der Waals surface area contributed by atoms with Crippen LogP contribution in [0.5, 0.6) is 0 Å². The van der Waals surface area contributed by atoms with Crippen molar-refractivity contribution in [2.24, 2.45) is 10.9 Å². The van der Waals surface area contributed by atoms with Crippen molar-refractivity contribution in [3.05, 3.63) is 11.6 Å². The largest absolute Gasteiger partial charge is 0.466 e. The molecule has 0 bridgehead atoms. The number of aliphatic imine (C=N–C) groups is 1. The van der Waals surface area contributed by atoms with E-state index in [1.165, 1.54) is 5.57 Å². The van der Waals surface area contributed by atoms with Gasteiger partial charge in [0.2, 0.25) is 0 Å². The molecule has 2 heterocycles. The van der Waals surface area contributed by atoms with Gasteiger partial charge in [0.05, 0.1) is 25.7 Å². The molecule has 136 valence electrons. The minimum Gasteiger partial charge on any atom is -0.466 e. The van der Waals surface area contributed by atoms with E-state index in [1.807, 2.05) is 6.92 Å². The summed E-state index contributed by atoms with van der Waals surface area (Å²) in [7, 11) is 0. The first kappa shape index (κ1) is 18.8. The highest BCUT2D eigenvalue weighted by atomic mass is 16.5. The van der Waals surface area contributed by atoms with Crippen molar-refractivity contribution in [2.45, 2.75) is 39.5 Å². The third-order valence-corrected chi connectivity index (χ3v) is 4.50. The zero-order chi connectivity index (χ0) is 17.2. The van der Waals surface area contributed by atoms with Gasteiger partial charge in [-0.15, -0.1) is 0 Å². The molecule has 0 aromatic rings. The summed E-state index contributed by atoms with van der Waals surface area (Å²) >= 11 is 0. The summed E-state index contributed by atoms with van der Waals surface area (Å²) in [6.07, 6.45) is 5.88. The first-order valence-electron chi connectivity index (χ1n) is 9.20. The molecule has 0 spiro atoms. The Morgan fingerprint density at radius 2 is 2.21 bits per heavy atom. The predicted molar refractivity (Wildman–Crippen MR) is 95.0 cm³/mol. The van der Waals surface area contributed by atoms with Crippen LogP contribution in [0.1, 0.15) is 39.5 Å². The van der Waals surface area contributed by atoms with Crippen molar-refractivity contribution in [1.82, 2.24) is 10.2 Å². The number of rotatable bonds is 6. The van der Waals surface area contributed by atoms with Gasteiger partial charge in [-0.1, -0.05) is 11.6 Å². The highest BCUT2D eigenvalue weighted by molar-refractivity contribution is 5.80. The van der Waals surface area contributed by atoms with Crippen LogP contribution in [0.4, 0.5) is 0 Å². The SMILES string of the molecule is CCNC(=NCCC1=CCOCC1)N1CCC(C(=O)OCC)CC1. The van der Waals surface area contributed by atoms with Crippen LogP contribution in [0.15, 0.2) is 16.6 Å². The lowest BCUT2D eigenvalue weighted by Crippen LogP contribution is -2.46. The number of carbonyl (C=O) groups excluding carboxylic acids is 1. The van der Waals surface area contributed by atoms with Gasteiger partial charge < -0.3 is 19.7 Å². The maximum absolute atomic E-state index is 11.8. The Morgan fingerprint density at radius 3 is 2.83 bits per heavy atom. The van der Waals surface area contributed by atoms with Crippen LogP contribution in [0.2, 0.25) is 0 Å². The third-order valence-electron chi connectivity index (χ3n) is 4.50. The van der Waals surface area contributed by atoms with Gasteiger partial charge in [0.15, 0.2) is 5.96 Å². The maximum atomic E-state index is 11.8. The molecule has 24 heavy (non-hydrogen) atoms. The molecule has 0 amide bonds. The van der Waals surface area contributed by atoms with Crippen LogP contribution in [0, 0.1) is 5.92 Å². The first-order chi connectivity index (χ1) is 11.7. The Kier molecular flexibility index (Phi) is 8.08. The van der Waals surface area contributed by atoms with Gasteiger partial charge in [-0.25, -0.2) is 0 Å². The Labute approximate surface area is 145 Å². The molecule has 1 N–H and O–H groups in total. The Morgan fingerprint density at radius 1 is 1.42 bits per heavy atom. The fourth-order valence-electron chi connectivity index (χ4n) is 3.11. The highest BCUT2D eigenvalue weighted by Crippen LogP contribution is 2.19. The van der Waals surface area contributed by atoms with E-state index in [1.54, 1.807) is 0 Å². The fourth-order valence-corrected chi connectivity index (χ4v) is 3.11. The van der Waals surface area contributed by atoms with Crippen LogP contribution in [0.3, 0.4) is 0 Å². The molecule has 0 unspecified atom stereocenters. The van der Waals surface area contributed by atoms with Crippen molar-refractivity contribution < 1.29 is 14.3 Å². The quantitative estimate of drug-likeness (QED) is 0.347. The summed E-state index contributed by atoms with van der Waals surface area (Å²) in [6.45, 7) is 9.33. The van der Waals surface area contributed by atoms with Crippen LogP contribution in [-0.4, -0.2) is 62.8 Å². The number of ether oxygens (including phenoxy) is 2. The normalized spacial score (nSPS) is 19.8. The number of esters is 1. The summed E-state index contributed by atoms with van der Waals surface area (Å²) in [5, 5.41) is 3.37. The van der Waals surface area contributed by atoms with Crippen molar-refractivity contribution >= 4 is 11.9 Å². The molecule has 2 aliphatic rings. The summed E-state index contributed by atoms with van der Waals surface area (Å²) < 4.78 is 10.5. The topological polar surface area (TPSA) is 63.2 Å². The molecule has 0 aliphatic carbocycles. The minimum absolute atomic E-state index is 0.0384. The molecular formula is C18H31N3O3. The number of likely N-dealkylation sites (tertiary alicyclic amines) is 1. The number of nitrogens with one attached hydrogen (secondary N) is 1. The number of carbonyl (C=O) groups is 1. The standard InChI is InChI=1S/C18H31N3O3/c1-3-19-18(20-10-5-15-8-13-23-14-9-15)21-11-6-16(7-12-21)17(22)24-4-2/h8,16H,3-7,9-14H2,1-2H3,(H,19,20). The van der Waals surface area contributed by atoms with E-state index >= 15 is 0 Å². The van der Waals surface area contributed by atoms with Crippen LogP contribution < -0.4 is 5.32 Å². The predicted octanol–water partition coefficient (Wildman–Crippen LogP) is 1.96. The van der Waals surface area contributed by atoms with Gasteiger partial charge in [-0.2, -0.15) is 0 Å². The van der Waals surface area contributed by atoms with E-state index < -0.39 is 0 Å². The monoisotopic (exact) mass is 337 g/mol. The average molecular weight is 337 g/mol. The van der Waals surface area contributed by atoms with E-state index in [2.05, 4.69) is 23.2 Å². The molecule has 0 aromatic heterocycles. The van der Waals surface area contributed by atoms with Gasteiger partial charge in [0.1, 0.15) is 0 Å². The van der Waals surface area contributed by atoms with Gasteiger partial charge in [0.25, 0.3) is 0 Å². The fraction of sp³-hybridized carbons (Fsp3) is 0.778. The summed E-state index contributed by atoms with van der Waals surface area (Å²) in [5.74, 6) is 0.953. The Balaban J connectivity index is 1.82. The second-order valence-electron chi connectivity index (χ2n) is 6.19. The first-order valence-corrected chi connectivity index (χ1v) is 9.20. The van der Waals surface area contributed by atoms with Gasteiger partial charge >= 0.3 is 5.97 Å². The van der Waals surface area contributed by atoms with Gasteiger partial charge in [-0.05, 0) is 39.5 Å². The minimum atomic E-state index is -0.0504. The van der Waals surface area contributed by atoms with E-state index in [0.29, 0.717) is 6.61 Å². The molecule has 6 heteroatoms. The molecule has 1 fully saturated rings. The highest BCUT2D eigenvalue weighted by Gasteiger charge is 2.27. The lowest BCUT2D eigenvalue weighted by Gasteiger charge is -2.33. The van der Waals surface area contributed by atoms with Gasteiger partial charge in [0, 0.05) is 26.2 Å². The number of hydrogen-bond donors (Lipinski definition) is 1. The lowest BCUT2D eigenvalue weighted by molar-refractivity contribution is -0.149. The van der Waals surface area contributed by atoms with Crippen molar-refractivity contribution in [1.29, 1.82) is 0 Å². The molecule has 2 rings (SSSR count). The van der Waals surface area contributed by atoms with E-state index in [-0.39, 0.29) is 11.9 Å². The Bertz CT molecular complexity index is 454. The zero-order valence-electron chi connectivity index (χ0n) is 15.1. The van der Waals surface area contributed by atoms with Gasteiger partial charge in [-0.3, -0.25) is 9.79 Å². The van der Waals surface area contributed by atoms with Crippen LogP contribution >= 0.6 is 0 Å². The molecule has 0 atom stereocenters. The second kappa shape index (κ2) is 10.3. The lowest BCUT2D eigenvalue weighted by atomic mass is 9.97. The van der Waals surface area contributed by atoms with Crippen molar-refractivity contribution in [2.75, 3.05) is 46.0 Å². The molecule has 0 saturated carbocycles. The molecule has 0 aromatic carbocycles. The molecular weight excluding hydrogens is 306 g/mol. The second-order valence-corrected chi connectivity index (χ2v) is 6.19. The van der Waals surface area contributed by atoms with E-state index in [0.717, 1.165) is 71.0 Å². The zero-order valence-corrected chi connectivity index (χ0v) is 15.1. The summed E-state index contributed by atoms with van der Waals surface area (Å²) in [4.78, 5) is 18.9. The molecule has 0 radical (unpaired) electrons. The Hall–Kier alpha value is -1.56.